The third kappa shape index (κ3) is 3.27. The maximum Gasteiger partial charge on any atom is 0.293 e. The number of para-hydroxylation sites is 1. The van der Waals surface area contributed by atoms with E-state index in [9.17, 15) is 4.79 Å². The van der Waals surface area contributed by atoms with Gasteiger partial charge in [-0.25, -0.2) is 15.0 Å². The van der Waals surface area contributed by atoms with Crippen molar-refractivity contribution in [1.82, 2.24) is 24.6 Å². The van der Waals surface area contributed by atoms with Crippen LogP contribution in [0.5, 0.6) is 0 Å². The maximum absolute atomic E-state index is 12.3. The fraction of sp³-hybridized carbons (Fsp3) is 0.0455. The summed E-state index contributed by atoms with van der Waals surface area (Å²) in [6.07, 6.45) is 3.50. The summed E-state index contributed by atoms with van der Waals surface area (Å²) in [5, 5.41) is 8.64. The molecule has 0 saturated heterocycles. The van der Waals surface area contributed by atoms with Crippen molar-refractivity contribution in [1.29, 1.82) is 0 Å². The van der Waals surface area contributed by atoms with Crippen LogP contribution < -0.4 is 10.9 Å². The fourth-order valence-corrected chi connectivity index (χ4v) is 3.58. The van der Waals surface area contributed by atoms with Crippen molar-refractivity contribution in [2.24, 2.45) is 0 Å². The highest BCUT2D eigenvalue weighted by Gasteiger charge is 2.15. The molecule has 0 atom stereocenters. The van der Waals surface area contributed by atoms with Crippen molar-refractivity contribution in [2.45, 2.75) is 4.90 Å². The van der Waals surface area contributed by atoms with Crippen molar-refractivity contribution in [2.75, 3.05) is 11.6 Å². The molecule has 5 rings (SSSR count). The number of aromatic nitrogens is 5. The Labute approximate surface area is 175 Å². The van der Waals surface area contributed by atoms with Gasteiger partial charge in [0.15, 0.2) is 11.5 Å². The molecule has 0 aliphatic heterocycles. The molecule has 0 spiro atoms. The van der Waals surface area contributed by atoms with Crippen LogP contribution in [-0.2, 0) is 0 Å². The number of nitrogens with one attached hydrogen (secondary N) is 1. The maximum atomic E-state index is 12.3. The predicted molar refractivity (Wildman–Crippen MR) is 119 cm³/mol. The molecule has 0 unspecified atom stereocenters. The summed E-state index contributed by atoms with van der Waals surface area (Å²) in [6, 6.07) is 20.9. The summed E-state index contributed by atoms with van der Waals surface area (Å²) in [5.74, 6) is 0.983. The molecule has 1 N–H and O–H groups in total. The van der Waals surface area contributed by atoms with Gasteiger partial charge in [0, 0.05) is 22.0 Å². The smallest absolute Gasteiger partial charge is 0.293 e. The average Bonchev–Trinajstić information content (AvgIpc) is 3.14. The molecule has 0 aliphatic carbocycles. The Morgan fingerprint density at radius 1 is 0.933 bits per heavy atom. The first-order valence-corrected chi connectivity index (χ1v) is 10.5. The Morgan fingerprint density at radius 2 is 1.73 bits per heavy atom. The summed E-state index contributed by atoms with van der Waals surface area (Å²) in [4.78, 5) is 26.7. The Balaban J connectivity index is 1.72. The highest BCUT2D eigenvalue weighted by Crippen LogP contribution is 2.26. The standard InChI is InChI=1S/C22H16N6OS/c1-30-15-11-9-14(10-12-15)19-26-20-16-6-2-3-7-17(16)24-22(28(20)27-19)25-18-8-4-5-13-23-21(18)29/h2-13H,1H3,(H,23,24,25,29). The van der Waals surface area contributed by atoms with E-state index in [1.165, 1.54) is 11.1 Å². The molecule has 8 heteroatoms. The lowest BCUT2D eigenvalue weighted by Crippen LogP contribution is -2.11. The number of thioether (sulfide) groups is 1. The van der Waals surface area contributed by atoms with Crippen LogP contribution in [0.15, 0.2) is 82.6 Å². The van der Waals surface area contributed by atoms with E-state index in [1.54, 1.807) is 34.5 Å². The molecular formula is C22H16N6OS. The third-order valence-electron chi connectivity index (χ3n) is 4.66. The van der Waals surface area contributed by atoms with Crippen molar-refractivity contribution < 1.29 is 0 Å². The number of fused-ring (bicyclic) bond motifs is 3. The molecular weight excluding hydrogens is 396 g/mol. The minimum Gasteiger partial charge on any atom is -0.319 e. The van der Waals surface area contributed by atoms with Crippen molar-refractivity contribution in [3.63, 3.8) is 0 Å². The SMILES string of the molecule is CSc1ccc(-c2nc3c4ccccc4nc(Nc4ccccnc4=O)n3n2)cc1. The number of hydrogen-bond donors (Lipinski definition) is 1. The molecule has 7 nitrogen and oxygen atoms in total. The van der Waals surface area contributed by atoms with Gasteiger partial charge in [-0.2, -0.15) is 4.52 Å². The number of rotatable bonds is 4. The van der Waals surface area contributed by atoms with Gasteiger partial charge in [-0.3, -0.25) is 4.79 Å². The Bertz CT molecular complexity index is 1430. The first kappa shape index (κ1) is 18.3. The van der Waals surface area contributed by atoms with Crippen LogP contribution in [0.1, 0.15) is 0 Å². The lowest BCUT2D eigenvalue weighted by molar-refractivity contribution is 0.947. The minimum atomic E-state index is -0.379. The van der Waals surface area contributed by atoms with E-state index in [-0.39, 0.29) is 5.56 Å². The number of benzene rings is 2. The predicted octanol–water partition coefficient (Wildman–Crippen LogP) is 4.17. The Kier molecular flexibility index (Phi) is 4.61. The molecule has 3 heterocycles. The van der Waals surface area contributed by atoms with E-state index in [2.05, 4.69) is 20.4 Å². The monoisotopic (exact) mass is 412 g/mol. The first-order chi connectivity index (χ1) is 14.7. The average molecular weight is 412 g/mol. The second-order valence-corrected chi connectivity index (χ2v) is 7.41. The summed E-state index contributed by atoms with van der Waals surface area (Å²) in [6.45, 7) is 0. The molecule has 0 amide bonds. The van der Waals surface area contributed by atoms with Crippen LogP contribution in [0.4, 0.5) is 11.6 Å². The van der Waals surface area contributed by atoms with Gasteiger partial charge >= 0.3 is 0 Å². The van der Waals surface area contributed by atoms with Gasteiger partial charge in [0.25, 0.3) is 5.56 Å². The quantitative estimate of drug-likeness (QED) is 0.444. The van der Waals surface area contributed by atoms with Gasteiger partial charge in [-0.1, -0.05) is 30.3 Å². The van der Waals surface area contributed by atoms with Crippen LogP contribution in [0.2, 0.25) is 0 Å². The van der Waals surface area contributed by atoms with Gasteiger partial charge in [0.1, 0.15) is 5.69 Å². The molecule has 5 aromatic rings. The van der Waals surface area contributed by atoms with E-state index in [4.69, 9.17) is 4.98 Å². The largest absolute Gasteiger partial charge is 0.319 e. The van der Waals surface area contributed by atoms with Crippen LogP contribution in [0.25, 0.3) is 27.9 Å². The second-order valence-electron chi connectivity index (χ2n) is 6.53. The van der Waals surface area contributed by atoms with Crippen molar-refractivity contribution in [3.05, 3.63) is 83.3 Å². The summed E-state index contributed by atoms with van der Waals surface area (Å²) in [7, 11) is 0. The van der Waals surface area contributed by atoms with Crippen molar-refractivity contribution >= 4 is 39.9 Å². The van der Waals surface area contributed by atoms with E-state index in [0.29, 0.717) is 23.1 Å². The van der Waals surface area contributed by atoms with Gasteiger partial charge < -0.3 is 5.32 Å². The molecule has 0 aliphatic rings. The molecule has 0 fully saturated rings. The zero-order chi connectivity index (χ0) is 20.5. The highest BCUT2D eigenvalue weighted by molar-refractivity contribution is 7.98. The van der Waals surface area contributed by atoms with E-state index < -0.39 is 0 Å². The van der Waals surface area contributed by atoms with Gasteiger partial charge in [-0.15, -0.1) is 16.9 Å². The van der Waals surface area contributed by atoms with E-state index in [0.717, 1.165) is 16.5 Å². The normalized spacial score (nSPS) is 11.1. The van der Waals surface area contributed by atoms with E-state index >= 15 is 0 Å². The zero-order valence-electron chi connectivity index (χ0n) is 16.0. The summed E-state index contributed by atoms with van der Waals surface area (Å²) in [5.41, 5.74) is 2.25. The summed E-state index contributed by atoms with van der Waals surface area (Å²) < 4.78 is 1.63. The lowest BCUT2D eigenvalue weighted by atomic mass is 10.2. The molecule has 2 aromatic carbocycles. The van der Waals surface area contributed by atoms with Gasteiger partial charge in [0.2, 0.25) is 5.95 Å². The van der Waals surface area contributed by atoms with Crippen LogP contribution in [0.3, 0.4) is 0 Å². The third-order valence-corrected chi connectivity index (χ3v) is 5.40. The molecule has 0 radical (unpaired) electrons. The molecule has 3 aromatic heterocycles. The van der Waals surface area contributed by atoms with Crippen LogP contribution in [-0.4, -0.2) is 30.8 Å². The zero-order valence-corrected chi connectivity index (χ0v) is 16.8. The topological polar surface area (TPSA) is 85.1 Å². The fourth-order valence-electron chi connectivity index (χ4n) is 3.17. The Hall–Kier alpha value is -3.78. The molecule has 146 valence electrons. The highest BCUT2D eigenvalue weighted by atomic mass is 32.2. The first-order valence-electron chi connectivity index (χ1n) is 9.25. The van der Waals surface area contributed by atoms with Gasteiger partial charge in [0.05, 0.1) is 5.52 Å². The second kappa shape index (κ2) is 7.57. The van der Waals surface area contributed by atoms with Crippen LogP contribution >= 0.6 is 11.8 Å². The number of anilines is 2. The lowest BCUT2D eigenvalue weighted by Gasteiger charge is -2.07. The number of nitrogens with zero attached hydrogens (tertiary/aromatic N) is 5. The molecule has 0 saturated carbocycles. The van der Waals surface area contributed by atoms with Gasteiger partial charge in [-0.05, 0) is 42.7 Å². The van der Waals surface area contributed by atoms with Crippen LogP contribution in [0, 0.1) is 0 Å². The summed E-state index contributed by atoms with van der Waals surface area (Å²) >= 11 is 1.68. The minimum absolute atomic E-state index is 0.311. The molecule has 0 bridgehead atoms. The number of hydrogen-bond acceptors (Lipinski definition) is 7. The van der Waals surface area contributed by atoms with Crippen molar-refractivity contribution in [3.8, 4) is 11.4 Å². The Morgan fingerprint density at radius 3 is 2.57 bits per heavy atom. The van der Waals surface area contributed by atoms with E-state index in [1.807, 2.05) is 54.8 Å². The molecule has 30 heavy (non-hydrogen) atoms.